The second-order valence-electron chi connectivity index (χ2n) is 7.78. The number of hydrogen-bond acceptors (Lipinski definition) is 6. The molecule has 0 radical (unpaired) electrons. The Hall–Kier alpha value is -2.54. The van der Waals surface area contributed by atoms with E-state index in [1.807, 2.05) is 14.0 Å². The molecule has 11 heteroatoms. The molecule has 33 heavy (non-hydrogen) atoms. The van der Waals surface area contributed by atoms with Crippen LogP contribution in [0.3, 0.4) is 0 Å². The number of nitrogens with zero attached hydrogens (tertiary/aromatic N) is 6. The zero-order chi connectivity index (χ0) is 22.5. The van der Waals surface area contributed by atoms with Gasteiger partial charge in [0.05, 0.1) is 30.8 Å². The number of rotatable bonds is 6. The number of halogens is 2. The molecular weight excluding hydrogens is 538 g/mol. The van der Waals surface area contributed by atoms with Crippen LogP contribution < -0.4 is 10.6 Å². The molecule has 2 atom stereocenters. The molecule has 9 nitrogen and oxygen atoms in total. The Labute approximate surface area is 209 Å². The van der Waals surface area contributed by atoms with Crippen molar-refractivity contribution in [1.82, 2.24) is 30.0 Å². The molecule has 2 N–H and O–H groups in total. The van der Waals surface area contributed by atoms with E-state index in [9.17, 15) is 4.39 Å². The summed E-state index contributed by atoms with van der Waals surface area (Å²) in [4.78, 5) is 15.6. The highest BCUT2D eigenvalue weighted by atomic mass is 127. The minimum absolute atomic E-state index is 0. The normalized spacial score (nSPS) is 18.8. The lowest BCUT2D eigenvalue weighted by Crippen LogP contribution is -2.50. The molecule has 0 spiro atoms. The fraction of sp³-hybridized carbons (Fsp3) is 0.455. The minimum atomic E-state index is -0.246. The van der Waals surface area contributed by atoms with E-state index in [4.69, 9.17) is 9.73 Å². The van der Waals surface area contributed by atoms with Gasteiger partial charge in [0.2, 0.25) is 0 Å². The number of aliphatic imine (C=N–C) groups is 1. The van der Waals surface area contributed by atoms with Gasteiger partial charge >= 0.3 is 0 Å². The molecule has 1 aliphatic heterocycles. The van der Waals surface area contributed by atoms with Gasteiger partial charge in [-0.15, -0.1) is 24.0 Å². The van der Waals surface area contributed by atoms with Crippen molar-refractivity contribution in [2.24, 2.45) is 12.0 Å². The first kappa shape index (κ1) is 25.1. The van der Waals surface area contributed by atoms with Crippen molar-refractivity contribution < 1.29 is 9.13 Å². The molecular formula is C22H30FIN8O. The van der Waals surface area contributed by atoms with Crippen LogP contribution in [0.2, 0.25) is 0 Å². The summed E-state index contributed by atoms with van der Waals surface area (Å²) in [5, 5.41) is 11.8. The van der Waals surface area contributed by atoms with Crippen molar-refractivity contribution in [1.29, 1.82) is 0 Å². The third-order valence-corrected chi connectivity index (χ3v) is 5.33. The summed E-state index contributed by atoms with van der Waals surface area (Å²) >= 11 is 0. The number of ether oxygens (including phenoxy) is 1. The van der Waals surface area contributed by atoms with Crippen LogP contribution >= 0.6 is 24.0 Å². The number of hydrogen-bond donors (Lipinski definition) is 2. The average molecular weight is 568 g/mol. The van der Waals surface area contributed by atoms with Crippen LogP contribution in [-0.2, 0) is 11.8 Å². The lowest BCUT2D eigenvalue weighted by atomic mass is 10.1. The summed E-state index contributed by atoms with van der Waals surface area (Å²) in [6.45, 7) is 7.44. The van der Waals surface area contributed by atoms with Gasteiger partial charge in [0.1, 0.15) is 24.1 Å². The maximum atomic E-state index is 13.3. The summed E-state index contributed by atoms with van der Waals surface area (Å²) < 4.78 is 21.2. The number of morpholine rings is 1. The largest absolute Gasteiger partial charge is 0.367 e. The van der Waals surface area contributed by atoms with Gasteiger partial charge in [-0.2, -0.15) is 5.10 Å². The topological polar surface area (TPSA) is 92.5 Å². The Morgan fingerprint density at radius 3 is 2.79 bits per heavy atom. The second-order valence-corrected chi connectivity index (χ2v) is 7.78. The van der Waals surface area contributed by atoms with Crippen LogP contribution in [-0.4, -0.2) is 69.4 Å². The number of fused-ring (bicyclic) bond motifs is 1. The predicted octanol–water partition coefficient (Wildman–Crippen LogP) is 2.96. The number of benzene rings is 1. The number of aromatic nitrogens is 4. The van der Waals surface area contributed by atoms with Gasteiger partial charge in [-0.25, -0.2) is 14.4 Å². The number of guanidine groups is 1. The molecule has 1 saturated heterocycles. The van der Waals surface area contributed by atoms with Crippen LogP contribution in [0.25, 0.3) is 11.0 Å². The second kappa shape index (κ2) is 11.5. The molecule has 3 aromatic rings. The van der Waals surface area contributed by atoms with E-state index in [0.29, 0.717) is 19.6 Å². The highest BCUT2D eigenvalue weighted by Crippen LogP contribution is 2.25. The standard InChI is InChI=1S/C22H29FN8O.HI/c1-4-24-22(26-10-9-25-20-18-11-29-30(3)21(18)28-14-27-20)31-12-15(2)32-19(13-31)16-5-7-17(23)8-6-16;/h5-8,11,14-15,19H,4,9-10,12-13H2,1-3H3,(H,24,26)(H,25,27,28);1H. The number of nitrogens with one attached hydrogen (secondary N) is 2. The van der Waals surface area contributed by atoms with Gasteiger partial charge in [-0.3, -0.25) is 9.67 Å². The molecule has 2 unspecified atom stereocenters. The van der Waals surface area contributed by atoms with Gasteiger partial charge in [0.25, 0.3) is 0 Å². The molecule has 0 bridgehead atoms. The molecule has 2 aromatic heterocycles. The van der Waals surface area contributed by atoms with Gasteiger partial charge < -0.3 is 20.3 Å². The fourth-order valence-corrected chi connectivity index (χ4v) is 3.85. The third kappa shape index (κ3) is 6.08. The fourth-order valence-electron chi connectivity index (χ4n) is 3.85. The maximum absolute atomic E-state index is 13.3. The first-order valence-electron chi connectivity index (χ1n) is 10.9. The van der Waals surface area contributed by atoms with Gasteiger partial charge in [0.15, 0.2) is 11.6 Å². The molecule has 4 rings (SSSR count). The lowest BCUT2D eigenvalue weighted by Gasteiger charge is -2.38. The summed E-state index contributed by atoms with van der Waals surface area (Å²) in [5.41, 5.74) is 1.75. The van der Waals surface area contributed by atoms with Crippen LogP contribution in [0.4, 0.5) is 10.2 Å². The molecule has 0 aliphatic carbocycles. The van der Waals surface area contributed by atoms with Gasteiger partial charge in [-0.1, -0.05) is 12.1 Å². The summed E-state index contributed by atoms with van der Waals surface area (Å²) in [6.07, 6.45) is 3.18. The Kier molecular flexibility index (Phi) is 8.78. The molecule has 1 aliphatic rings. The molecule has 0 saturated carbocycles. The van der Waals surface area contributed by atoms with Crippen LogP contribution in [0.5, 0.6) is 0 Å². The maximum Gasteiger partial charge on any atom is 0.194 e. The SMILES string of the molecule is CCNC(=NCCNc1ncnc2c1cnn2C)N1CC(C)OC(c2ccc(F)cc2)C1.I. The highest BCUT2D eigenvalue weighted by Gasteiger charge is 2.28. The van der Waals surface area contributed by atoms with Crippen molar-refractivity contribution in [3.05, 3.63) is 48.2 Å². The van der Waals surface area contributed by atoms with Gasteiger partial charge in [-0.05, 0) is 31.5 Å². The first-order chi connectivity index (χ1) is 15.5. The monoisotopic (exact) mass is 568 g/mol. The van der Waals surface area contributed by atoms with Crippen molar-refractivity contribution >= 4 is 46.8 Å². The highest BCUT2D eigenvalue weighted by molar-refractivity contribution is 14.0. The summed E-state index contributed by atoms with van der Waals surface area (Å²) in [5.74, 6) is 1.34. The van der Waals surface area contributed by atoms with E-state index in [0.717, 1.165) is 41.5 Å². The molecule has 0 amide bonds. The Morgan fingerprint density at radius 2 is 2.03 bits per heavy atom. The Bertz CT molecular complexity index is 1070. The minimum Gasteiger partial charge on any atom is -0.367 e. The van der Waals surface area contributed by atoms with Gasteiger partial charge in [0, 0.05) is 26.7 Å². The van der Waals surface area contributed by atoms with E-state index < -0.39 is 0 Å². The van der Waals surface area contributed by atoms with Crippen molar-refractivity contribution in [3.8, 4) is 0 Å². The van der Waals surface area contributed by atoms with Crippen molar-refractivity contribution in [2.45, 2.75) is 26.1 Å². The van der Waals surface area contributed by atoms with Crippen LogP contribution in [0.15, 0.2) is 41.8 Å². The van der Waals surface area contributed by atoms with Crippen molar-refractivity contribution in [2.75, 3.05) is 38.0 Å². The lowest BCUT2D eigenvalue weighted by molar-refractivity contribution is -0.0605. The first-order valence-corrected chi connectivity index (χ1v) is 10.9. The zero-order valence-electron chi connectivity index (χ0n) is 19.0. The summed E-state index contributed by atoms with van der Waals surface area (Å²) in [6, 6.07) is 6.51. The molecule has 3 heterocycles. The van der Waals surface area contributed by atoms with E-state index >= 15 is 0 Å². The Morgan fingerprint density at radius 1 is 1.24 bits per heavy atom. The van der Waals surface area contributed by atoms with E-state index in [1.165, 1.54) is 18.5 Å². The molecule has 1 aromatic carbocycles. The summed E-state index contributed by atoms with van der Waals surface area (Å²) in [7, 11) is 1.86. The predicted molar refractivity (Wildman–Crippen MR) is 137 cm³/mol. The van der Waals surface area contributed by atoms with Crippen molar-refractivity contribution in [3.63, 3.8) is 0 Å². The molecule has 178 valence electrons. The van der Waals surface area contributed by atoms with E-state index in [1.54, 1.807) is 23.0 Å². The van der Waals surface area contributed by atoms with Crippen LogP contribution in [0.1, 0.15) is 25.5 Å². The Balaban J connectivity index is 0.00000306. The molecule has 1 fully saturated rings. The van der Waals surface area contributed by atoms with E-state index in [2.05, 4.69) is 37.5 Å². The zero-order valence-corrected chi connectivity index (χ0v) is 21.4. The van der Waals surface area contributed by atoms with Crippen LogP contribution in [0, 0.1) is 5.82 Å². The quantitative estimate of drug-likeness (QED) is 0.205. The number of aryl methyl sites for hydroxylation is 1. The third-order valence-electron chi connectivity index (χ3n) is 5.33. The van der Waals surface area contributed by atoms with E-state index in [-0.39, 0.29) is 42.0 Å². The smallest absolute Gasteiger partial charge is 0.194 e. The number of anilines is 1. The average Bonchev–Trinajstić information content (AvgIpc) is 3.17.